The molecule has 1 amide bonds. The number of ether oxygens (including phenoxy) is 1. The van der Waals surface area contributed by atoms with Crippen LogP contribution in [0.25, 0.3) is 0 Å². The number of hydrogen-bond acceptors (Lipinski definition) is 5. The molecule has 0 aliphatic carbocycles. The number of anilines is 2. The van der Waals surface area contributed by atoms with Crippen LogP contribution >= 0.6 is 11.6 Å². The van der Waals surface area contributed by atoms with Gasteiger partial charge in [-0.05, 0) is 55.7 Å². The Balaban J connectivity index is 1.71. The first kappa shape index (κ1) is 23.0. The number of nitrogens with one attached hydrogen (secondary N) is 1. The number of sulfonamides is 1. The first-order chi connectivity index (χ1) is 15.4. The Kier molecular flexibility index (Phi) is 6.99. The number of morpholine rings is 1. The second kappa shape index (κ2) is 9.74. The Morgan fingerprint density at radius 3 is 2.41 bits per heavy atom. The maximum atomic E-state index is 13.4. The Labute approximate surface area is 192 Å². The molecule has 2 aliphatic rings. The fourth-order valence-corrected chi connectivity index (χ4v) is 5.63. The number of rotatable bonds is 5. The van der Waals surface area contributed by atoms with Crippen molar-refractivity contribution in [3.63, 3.8) is 0 Å². The van der Waals surface area contributed by atoms with E-state index in [-0.39, 0.29) is 34.3 Å². The zero-order valence-electron chi connectivity index (χ0n) is 17.5. The first-order valence-corrected chi connectivity index (χ1v) is 12.4. The van der Waals surface area contributed by atoms with Crippen molar-refractivity contribution < 1.29 is 22.3 Å². The minimum atomic E-state index is -3.77. The molecule has 0 unspecified atom stereocenters. The second-order valence-corrected chi connectivity index (χ2v) is 10.2. The van der Waals surface area contributed by atoms with Crippen LogP contribution in [0.4, 0.5) is 15.8 Å². The van der Waals surface area contributed by atoms with Gasteiger partial charge in [0.15, 0.2) is 0 Å². The van der Waals surface area contributed by atoms with Gasteiger partial charge in [-0.3, -0.25) is 4.79 Å². The summed E-state index contributed by atoms with van der Waals surface area (Å²) in [6.45, 7) is 2.77. The monoisotopic (exact) mass is 481 g/mol. The molecule has 172 valence electrons. The summed E-state index contributed by atoms with van der Waals surface area (Å²) in [5.41, 5.74) is 1.16. The number of carbonyl (C=O) groups excluding carboxylic acids is 1. The van der Waals surface area contributed by atoms with E-state index in [1.165, 1.54) is 22.5 Å². The van der Waals surface area contributed by atoms with Crippen LogP contribution in [0.3, 0.4) is 0 Å². The second-order valence-electron chi connectivity index (χ2n) is 7.82. The van der Waals surface area contributed by atoms with E-state index in [0.717, 1.165) is 38.4 Å². The molecule has 2 heterocycles. The largest absolute Gasteiger partial charge is 0.379 e. The summed E-state index contributed by atoms with van der Waals surface area (Å²) in [6, 6.07) is 8.36. The number of amides is 1. The molecule has 2 aliphatic heterocycles. The summed E-state index contributed by atoms with van der Waals surface area (Å²) in [4.78, 5) is 15.4. The number of carbonyl (C=O) groups is 1. The molecule has 2 aromatic carbocycles. The third kappa shape index (κ3) is 4.91. The predicted molar refractivity (Wildman–Crippen MR) is 121 cm³/mol. The summed E-state index contributed by atoms with van der Waals surface area (Å²) < 4.78 is 46.3. The van der Waals surface area contributed by atoms with Crippen molar-refractivity contribution in [3.8, 4) is 0 Å². The smallest absolute Gasteiger partial charge is 0.257 e. The lowest BCUT2D eigenvalue weighted by molar-refractivity contribution is 0.0730. The number of piperidine rings is 1. The molecule has 0 saturated carbocycles. The van der Waals surface area contributed by atoms with Crippen LogP contribution in [0.2, 0.25) is 5.02 Å². The van der Waals surface area contributed by atoms with Crippen LogP contribution in [0.15, 0.2) is 41.3 Å². The molecule has 0 aromatic heterocycles. The van der Waals surface area contributed by atoms with Gasteiger partial charge >= 0.3 is 0 Å². The highest BCUT2D eigenvalue weighted by atomic mass is 35.5. The zero-order valence-corrected chi connectivity index (χ0v) is 19.1. The van der Waals surface area contributed by atoms with Crippen molar-refractivity contribution >= 4 is 38.9 Å². The molecule has 10 heteroatoms. The molecule has 0 radical (unpaired) electrons. The Morgan fingerprint density at radius 1 is 1.00 bits per heavy atom. The maximum absolute atomic E-state index is 13.4. The lowest BCUT2D eigenvalue weighted by atomic mass is 10.1. The number of benzene rings is 2. The topological polar surface area (TPSA) is 79.0 Å². The molecule has 0 spiro atoms. The van der Waals surface area contributed by atoms with Crippen molar-refractivity contribution in [3.05, 3.63) is 52.8 Å². The highest BCUT2D eigenvalue weighted by molar-refractivity contribution is 7.89. The van der Waals surface area contributed by atoms with Gasteiger partial charge < -0.3 is 15.0 Å². The zero-order chi connectivity index (χ0) is 22.7. The lowest BCUT2D eigenvalue weighted by Gasteiger charge is -2.31. The van der Waals surface area contributed by atoms with E-state index in [9.17, 15) is 17.6 Å². The minimum Gasteiger partial charge on any atom is -0.379 e. The average Bonchev–Trinajstić information content (AvgIpc) is 2.81. The summed E-state index contributed by atoms with van der Waals surface area (Å²) >= 11 is 6.08. The van der Waals surface area contributed by atoms with Gasteiger partial charge in [-0.15, -0.1) is 0 Å². The van der Waals surface area contributed by atoms with Crippen molar-refractivity contribution in [2.45, 2.75) is 24.2 Å². The van der Waals surface area contributed by atoms with Crippen molar-refractivity contribution in [2.24, 2.45) is 0 Å². The van der Waals surface area contributed by atoms with E-state index in [1.54, 1.807) is 12.1 Å². The molecule has 7 nitrogen and oxygen atoms in total. The van der Waals surface area contributed by atoms with Crippen LogP contribution < -0.4 is 10.2 Å². The van der Waals surface area contributed by atoms with Gasteiger partial charge in [-0.2, -0.15) is 4.31 Å². The standard InChI is InChI=1S/C22H25ClFN3O4S/c23-19-14-16(24)4-6-20(19)25-22(28)18-15-17(32(29,30)27-10-12-31-13-11-27)5-7-21(18)26-8-2-1-3-9-26/h4-7,14-15H,1-3,8-13H2,(H,25,28). The minimum absolute atomic E-state index is 0.0514. The van der Waals surface area contributed by atoms with Crippen LogP contribution in [-0.4, -0.2) is 58.0 Å². The fraction of sp³-hybridized carbons (Fsp3) is 0.409. The SMILES string of the molecule is O=C(Nc1ccc(F)cc1Cl)c1cc(S(=O)(=O)N2CCOCC2)ccc1N1CCCCC1. The summed E-state index contributed by atoms with van der Waals surface area (Å²) in [6.07, 6.45) is 3.12. The van der Waals surface area contributed by atoms with E-state index in [4.69, 9.17) is 16.3 Å². The molecule has 2 aromatic rings. The first-order valence-electron chi connectivity index (χ1n) is 10.6. The van der Waals surface area contributed by atoms with Crippen LogP contribution in [-0.2, 0) is 14.8 Å². The van der Waals surface area contributed by atoms with Gasteiger partial charge in [-0.1, -0.05) is 11.6 Å². The van der Waals surface area contributed by atoms with Gasteiger partial charge in [0.25, 0.3) is 5.91 Å². The average molecular weight is 482 g/mol. The molecule has 2 fully saturated rings. The Hall–Kier alpha value is -2.20. The molecule has 4 rings (SSSR count). The highest BCUT2D eigenvalue weighted by Gasteiger charge is 2.29. The molecule has 32 heavy (non-hydrogen) atoms. The summed E-state index contributed by atoms with van der Waals surface area (Å²) in [5, 5.41) is 2.76. The molecule has 0 atom stereocenters. The summed E-state index contributed by atoms with van der Waals surface area (Å²) in [7, 11) is -3.77. The quantitative estimate of drug-likeness (QED) is 0.703. The number of nitrogens with zero attached hydrogens (tertiary/aromatic N) is 2. The van der Waals surface area contributed by atoms with E-state index < -0.39 is 21.7 Å². The van der Waals surface area contributed by atoms with Crippen molar-refractivity contribution in [1.82, 2.24) is 4.31 Å². The van der Waals surface area contributed by atoms with Gasteiger partial charge in [0.05, 0.1) is 34.4 Å². The van der Waals surface area contributed by atoms with E-state index in [0.29, 0.717) is 18.9 Å². The van der Waals surface area contributed by atoms with E-state index in [1.807, 2.05) is 0 Å². The van der Waals surface area contributed by atoms with E-state index >= 15 is 0 Å². The summed E-state index contributed by atoms with van der Waals surface area (Å²) in [5.74, 6) is -1.02. The van der Waals surface area contributed by atoms with Gasteiger partial charge in [0.1, 0.15) is 5.82 Å². The van der Waals surface area contributed by atoms with Gasteiger partial charge in [0, 0.05) is 31.9 Å². The molecular formula is C22H25ClFN3O4S. The third-order valence-corrected chi connectivity index (χ3v) is 7.90. The lowest BCUT2D eigenvalue weighted by Crippen LogP contribution is -2.40. The Bertz CT molecular complexity index is 1100. The fourth-order valence-electron chi connectivity index (χ4n) is 3.98. The maximum Gasteiger partial charge on any atom is 0.257 e. The van der Waals surface area contributed by atoms with Crippen LogP contribution in [0.5, 0.6) is 0 Å². The number of halogens is 2. The van der Waals surface area contributed by atoms with E-state index in [2.05, 4.69) is 10.2 Å². The molecule has 0 bridgehead atoms. The van der Waals surface area contributed by atoms with Crippen LogP contribution in [0, 0.1) is 5.82 Å². The highest BCUT2D eigenvalue weighted by Crippen LogP contribution is 2.30. The van der Waals surface area contributed by atoms with Crippen molar-refractivity contribution in [2.75, 3.05) is 49.6 Å². The van der Waals surface area contributed by atoms with Crippen molar-refractivity contribution in [1.29, 1.82) is 0 Å². The third-order valence-electron chi connectivity index (χ3n) is 5.70. The van der Waals surface area contributed by atoms with Gasteiger partial charge in [-0.25, -0.2) is 12.8 Å². The molecule has 1 N–H and O–H groups in total. The molecule has 2 saturated heterocycles. The normalized spacial score (nSPS) is 17.9. The Morgan fingerprint density at radius 2 is 1.72 bits per heavy atom. The predicted octanol–water partition coefficient (Wildman–Crippen LogP) is 3.74. The van der Waals surface area contributed by atoms with Crippen LogP contribution in [0.1, 0.15) is 29.6 Å². The van der Waals surface area contributed by atoms with Gasteiger partial charge in [0.2, 0.25) is 10.0 Å². The number of hydrogen-bond donors (Lipinski definition) is 1. The molecular weight excluding hydrogens is 457 g/mol.